The average Bonchev–Trinajstić information content (AvgIpc) is 3.27. The van der Waals surface area contributed by atoms with E-state index in [4.69, 9.17) is 4.42 Å². The van der Waals surface area contributed by atoms with Gasteiger partial charge in [-0.3, -0.25) is 25.5 Å². The van der Waals surface area contributed by atoms with Gasteiger partial charge in [0.15, 0.2) is 11.7 Å². The molecule has 1 aromatic carbocycles. The molecule has 0 saturated carbocycles. The average molecular weight is 339 g/mol. The quantitative estimate of drug-likeness (QED) is 0.613. The molecule has 25 heavy (non-hydrogen) atoms. The second kappa shape index (κ2) is 7.43. The molecule has 0 bridgehead atoms. The predicted octanol–water partition coefficient (Wildman–Crippen LogP) is 1.77. The standard InChI is InChI=1S/C17H17N5O3/c1-11-13(9-19-20-11)17(24)22-21-15(23)7-8-16-18-10-14(25-16)12-5-3-2-4-6-12/h2-6,9-10H,7-8H2,1H3,(H,19,20)(H,21,23)(H,22,24). The van der Waals surface area contributed by atoms with E-state index in [1.165, 1.54) is 6.20 Å². The van der Waals surface area contributed by atoms with E-state index in [9.17, 15) is 9.59 Å². The number of carbonyl (C=O) groups is 2. The van der Waals surface area contributed by atoms with Crippen LogP contribution >= 0.6 is 0 Å². The molecule has 2 aromatic heterocycles. The Morgan fingerprint density at radius 3 is 2.68 bits per heavy atom. The van der Waals surface area contributed by atoms with E-state index in [2.05, 4.69) is 26.0 Å². The smallest absolute Gasteiger partial charge is 0.273 e. The first-order chi connectivity index (χ1) is 12.1. The summed E-state index contributed by atoms with van der Waals surface area (Å²) in [6, 6.07) is 9.59. The highest BCUT2D eigenvalue weighted by Gasteiger charge is 2.12. The molecule has 128 valence electrons. The molecule has 0 unspecified atom stereocenters. The summed E-state index contributed by atoms with van der Waals surface area (Å²) < 4.78 is 5.63. The van der Waals surface area contributed by atoms with E-state index in [1.807, 2.05) is 30.3 Å². The van der Waals surface area contributed by atoms with Gasteiger partial charge >= 0.3 is 0 Å². The van der Waals surface area contributed by atoms with Crippen LogP contribution in [0, 0.1) is 6.92 Å². The van der Waals surface area contributed by atoms with Crippen molar-refractivity contribution in [3.8, 4) is 11.3 Å². The van der Waals surface area contributed by atoms with Crippen LogP contribution in [0.4, 0.5) is 0 Å². The Balaban J connectivity index is 1.47. The highest BCUT2D eigenvalue weighted by Crippen LogP contribution is 2.20. The highest BCUT2D eigenvalue weighted by molar-refractivity contribution is 5.96. The number of H-pyrrole nitrogens is 1. The van der Waals surface area contributed by atoms with E-state index in [0.29, 0.717) is 29.3 Å². The van der Waals surface area contributed by atoms with Gasteiger partial charge in [0.1, 0.15) is 0 Å². The number of benzene rings is 1. The topological polar surface area (TPSA) is 113 Å². The summed E-state index contributed by atoms with van der Waals surface area (Å²) in [6.45, 7) is 1.72. The van der Waals surface area contributed by atoms with Gasteiger partial charge in [0.05, 0.1) is 18.0 Å². The van der Waals surface area contributed by atoms with Gasteiger partial charge in [-0.2, -0.15) is 5.10 Å². The van der Waals surface area contributed by atoms with Gasteiger partial charge in [0, 0.05) is 24.1 Å². The molecule has 0 aliphatic carbocycles. The van der Waals surface area contributed by atoms with E-state index in [-0.39, 0.29) is 12.3 Å². The van der Waals surface area contributed by atoms with Crippen molar-refractivity contribution in [2.45, 2.75) is 19.8 Å². The van der Waals surface area contributed by atoms with Gasteiger partial charge in [-0.25, -0.2) is 4.98 Å². The zero-order valence-electron chi connectivity index (χ0n) is 13.6. The Kier molecular flexibility index (Phi) is 4.89. The van der Waals surface area contributed by atoms with Crippen LogP contribution in [0.1, 0.15) is 28.4 Å². The third-order valence-corrected chi connectivity index (χ3v) is 3.57. The van der Waals surface area contributed by atoms with Crippen molar-refractivity contribution in [2.75, 3.05) is 0 Å². The number of carbonyl (C=O) groups excluding carboxylic acids is 2. The summed E-state index contributed by atoms with van der Waals surface area (Å²) in [6.07, 6.45) is 3.50. The Morgan fingerprint density at radius 1 is 1.16 bits per heavy atom. The third-order valence-electron chi connectivity index (χ3n) is 3.57. The lowest BCUT2D eigenvalue weighted by atomic mass is 10.2. The summed E-state index contributed by atoms with van der Waals surface area (Å²) in [5.74, 6) is 0.349. The van der Waals surface area contributed by atoms with E-state index in [0.717, 1.165) is 5.56 Å². The Hall–Kier alpha value is -3.42. The molecule has 2 amide bonds. The summed E-state index contributed by atoms with van der Waals surface area (Å²) in [4.78, 5) is 27.8. The first-order valence-corrected chi connectivity index (χ1v) is 7.73. The van der Waals surface area contributed by atoms with Gasteiger partial charge in [-0.15, -0.1) is 0 Å². The Bertz CT molecular complexity index is 869. The summed E-state index contributed by atoms with van der Waals surface area (Å²) in [5, 5.41) is 6.41. The monoisotopic (exact) mass is 339 g/mol. The second-order valence-corrected chi connectivity index (χ2v) is 5.40. The maximum absolute atomic E-state index is 11.8. The Morgan fingerprint density at radius 2 is 1.96 bits per heavy atom. The summed E-state index contributed by atoms with van der Waals surface area (Å²) in [5.41, 5.74) is 6.63. The number of aryl methyl sites for hydroxylation is 2. The van der Waals surface area contributed by atoms with E-state index < -0.39 is 5.91 Å². The van der Waals surface area contributed by atoms with E-state index in [1.54, 1.807) is 13.1 Å². The first kappa shape index (κ1) is 16.4. The molecule has 0 atom stereocenters. The number of nitrogens with zero attached hydrogens (tertiary/aromatic N) is 2. The zero-order chi connectivity index (χ0) is 17.6. The van der Waals surface area contributed by atoms with Crippen LogP contribution in [0.5, 0.6) is 0 Å². The van der Waals surface area contributed by atoms with Crippen LogP contribution in [0.25, 0.3) is 11.3 Å². The summed E-state index contributed by atoms with van der Waals surface area (Å²) in [7, 11) is 0. The van der Waals surface area contributed by atoms with Crippen molar-refractivity contribution in [3.63, 3.8) is 0 Å². The highest BCUT2D eigenvalue weighted by atomic mass is 16.4. The lowest BCUT2D eigenvalue weighted by molar-refractivity contribution is -0.121. The van der Waals surface area contributed by atoms with Crippen LogP contribution in [-0.4, -0.2) is 27.0 Å². The number of aromatic amines is 1. The van der Waals surface area contributed by atoms with Crippen LogP contribution in [0.3, 0.4) is 0 Å². The summed E-state index contributed by atoms with van der Waals surface area (Å²) >= 11 is 0. The number of rotatable bonds is 5. The number of aromatic nitrogens is 3. The first-order valence-electron chi connectivity index (χ1n) is 7.73. The van der Waals surface area contributed by atoms with Crippen LogP contribution in [0.2, 0.25) is 0 Å². The predicted molar refractivity (Wildman–Crippen MR) is 89.2 cm³/mol. The molecule has 0 saturated heterocycles. The maximum atomic E-state index is 11.8. The van der Waals surface area contributed by atoms with Gasteiger partial charge < -0.3 is 4.42 Å². The van der Waals surface area contributed by atoms with Crippen molar-refractivity contribution < 1.29 is 14.0 Å². The molecule has 3 aromatic rings. The number of oxazole rings is 1. The van der Waals surface area contributed by atoms with Gasteiger partial charge in [-0.1, -0.05) is 30.3 Å². The molecule has 0 aliphatic heterocycles. The molecule has 2 heterocycles. The van der Waals surface area contributed by atoms with Crippen molar-refractivity contribution in [1.82, 2.24) is 26.0 Å². The van der Waals surface area contributed by atoms with Gasteiger partial charge in [-0.05, 0) is 6.92 Å². The fraction of sp³-hybridized carbons (Fsp3) is 0.176. The molecule has 0 fully saturated rings. The second-order valence-electron chi connectivity index (χ2n) is 5.40. The largest absolute Gasteiger partial charge is 0.441 e. The SMILES string of the molecule is Cc1[nH]ncc1C(=O)NNC(=O)CCc1ncc(-c2ccccc2)o1. The molecule has 0 radical (unpaired) electrons. The molecule has 3 N–H and O–H groups in total. The van der Waals surface area contributed by atoms with Crippen LogP contribution in [0.15, 0.2) is 47.1 Å². The number of amides is 2. The molecular formula is C17H17N5O3. The Labute approximate surface area is 143 Å². The fourth-order valence-electron chi connectivity index (χ4n) is 2.22. The van der Waals surface area contributed by atoms with Gasteiger partial charge in [0.2, 0.25) is 5.91 Å². The van der Waals surface area contributed by atoms with Crippen molar-refractivity contribution >= 4 is 11.8 Å². The molecule has 0 aliphatic rings. The lowest BCUT2D eigenvalue weighted by Gasteiger charge is -2.05. The van der Waals surface area contributed by atoms with Crippen molar-refractivity contribution in [1.29, 1.82) is 0 Å². The van der Waals surface area contributed by atoms with E-state index >= 15 is 0 Å². The zero-order valence-corrected chi connectivity index (χ0v) is 13.6. The van der Waals surface area contributed by atoms with Crippen LogP contribution in [-0.2, 0) is 11.2 Å². The minimum atomic E-state index is -0.429. The maximum Gasteiger partial charge on any atom is 0.273 e. The van der Waals surface area contributed by atoms with Crippen LogP contribution < -0.4 is 10.9 Å². The third kappa shape index (κ3) is 4.11. The van der Waals surface area contributed by atoms with Crippen molar-refractivity contribution in [2.24, 2.45) is 0 Å². The normalized spacial score (nSPS) is 10.4. The molecule has 3 rings (SSSR count). The fourth-order valence-corrected chi connectivity index (χ4v) is 2.22. The van der Waals surface area contributed by atoms with Crippen molar-refractivity contribution in [3.05, 3.63) is 59.9 Å². The molecule has 8 nitrogen and oxygen atoms in total. The molecule has 0 spiro atoms. The molecule has 8 heteroatoms. The number of nitrogens with one attached hydrogen (secondary N) is 3. The lowest BCUT2D eigenvalue weighted by Crippen LogP contribution is -2.41. The number of hydrogen-bond donors (Lipinski definition) is 3. The molecular weight excluding hydrogens is 322 g/mol. The minimum Gasteiger partial charge on any atom is -0.441 e. The number of hydrogen-bond acceptors (Lipinski definition) is 5. The minimum absolute atomic E-state index is 0.138. The van der Waals surface area contributed by atoms with Gasteiger partial charge in [0.25, 0.3) is 5.91 Å². The number of hydrazine groups is 1.